The molecule has 3 fully saturated rings. The molecule has 6 aromatic rings. The Balaban J connectivity index is 0.702. The normalized spacial score (nSPS) is 17.9. The van der Waals surface area contributed by atoms with E-state index in [1.54, 1.807) is 50.4 Å². The molecule has 0 saturated carbocycles. The molecule has 3 atom stereocenters. The van der Waals surface area contributed by atoms with Crippen molar-refractivity contribution in [1.29, 1.82) is 0 Å². The lowest BCUT2D eigenvalue weighted by atomic mass is 9.85. The second-order valence-electron chi connectivity index (χ2n) is 22.8. The van der Waals surface area contributed by atoms with Gasteiger partial charge < -0.3 is 50.2 Å². The molecule has 3 aliphatic rings. The lowest BCUT2D eigenvalue weighted by Crippen LogP contribution is -2.57. The van der Waals surface area contributed by atoms with Gasteiger partial charge in [-0.2, -0.15) is 4.98 Å². The van der Waals surface area contributed by atoms with Crippen molar-refractivity contribution in [2.75, 3.05) is 102 Å². The van der Waals surface area contributed by atoms with Crippen LogP contribution < -0.4 is 36.2 Å². The van der Waals surface area contributed by atoms with Gasteiger partial charge in [0.2, 0.25) is 23.7 Å². The molecule has 82 heavy (non-hydrogen) atoms. The zero-order valence-corrected chi connectivity index (χ0v) is 51.5. The van der Waals surface area contributed by atoms with Crippen LogP contribution in [0.25, 0.3) is 21.5 Å². The van der Waals surface area contributed by atoms with Crippen LogP contribution in [-0.4, -0.2) is 173 Å². The third kappa shape index (κ3) is 14.6. The fraction of sp³-hybridized carbons (Fsp3) is 0.492. The van der Waals surface area contributed by atoms with Crippen molar-refractivity contribution in [1.82, 2.24) is 50.3 Å². The Kier molecular flexibility index (Phi) is 19.6. The quantitative estimate of drug-likeness (QED) is 0.0343. The zero-order valence-electron chi connectivity index (χ0n) is 48.2. The van der Waals surface area contributed by atoms with Crippen LogP contribution in [0.1, 0.15) is 70.2 Å². The predicted molar refractivity (Wildman–Crippen MR) is 328 cm³/mol. The highest BCUT2D eigenvalue weighted by Crippen LogP contribution is 2.42. The molecule has 0 bridgehead atoms. The average Bonchev–Trinajstić information content (AvgIpc) is 3.85. The van der Waals surface area contributed by atoms with Crippen molar-refractivity contribution in [3.05, 3.63) is 93.9 Å². The van der Waals surface area contributed by atoms with E-state index in [4.69, 9.17) is 14.5 Å². The topological polar surface area (TPSA) is 232 Å². The molecule has 3 amide bonds. The summed E-state index contributed by atoms with van der Waals surface area (Å²) in [6, 6.07) is 14.6. The number of halogens is 1. The molecule has 23 heteroatoms. The number of β-amino-alcohol motifs (C(OH)–C–C–N with tert-alkyl or cyclic N) is 1. The van der Waals surface area contributed by atoms with Gasteiger partial charge in [0.25, 0.3) is 0 Å². The number of thiazole rings is 1. The molecule has 9 rings (SSSR count). The van der Waals surface area contributed by atoms with Gasteiger partial charge in [0, 0.05) is 108 Å². The van der Waals surface area contributed by atoms with E-state index in [2.05, 4.69) is 90.9 Å². The first kappa shape index (κ1) is 60.5. The highest BCUT2D eigenvalue weighted by molar-refractivity contribution is 9.10. The first-order valence-electron chi connectivity index (χ1n) is 28.2. The molecule has 0 spiro atoms. The number of benzene rings is 3. The maximum Gasteiger partial charge on any atom is 0.246 e. The minimum atomic E-state index is -2.79. The van der Waals surface area contributed by atoms with Gasteiger partial charge in [-0.3, -0.25) is 34.2 Å². The van der Waals surface area contributed by atoms with Gasteiger partial charge in [0.05, 0.1) is 69.2 Å². The maximum atomic E-state index is 14.1. The monoisotopic (exact) mass is 1220 g/mol. The number of aliphatic hydroxyl groups excluding tert-OH is 1. The van der Waals surface area contributed by atoms with Gasteiger partial charge in [-0.15, -0.1) is 11.3 Å². The van der Waals surface area contributed by atoms with Gasteiger partial charge in [-0.05, 0) is 95.8 Å². The Bertz CT molecular complexity index is 3270. The number of aliphatic hydroxyl groups is 1. The molecule has 438 valence electrons. The minimum Gasteiger partial charge on any atom is -0.494 e. The van der Waals surface area contributed by atoms with E-state index in [0.29, 0.717) is 56.7 Å². The Morgan fingerprint density at radius 1 is 0.927 bits per heavy atom. The van der Waals surface area contributed by atoms with Crippen molar-refractivity contribution in [2.45, 2.75) is 97.5 Å². The molecule has 6 heterocycles. The molecule has 3 aliphatic heterocycles. The summed E-state index contributed by atoms with van der Waals surface area (Å²) >= 11 is 5.18. The zero-order chi connectivity index (χ0) is 58.3. The summed E-state index contributed by atoms with van der Waals surface area (Å²) in [5.41, 5.74) is 9.09. The largest absolute Gasteiger partial charge is 0.494 e. The number of anilines is 5. The maximum absolute atomic E-state index is 14.1. The number of carbonyl (C=O) groups excluding carboxylic acids is 3. The van der Waals surface area contributed by atoms with Gasteiger partial charge in [0.15, 0.2) is 0 Å². The number of hydrogen-bond donors (Lipinski definition) is 5. The predicted octanol–water partition coefficient (Wildman–Crippen LogP) is 7.72. The highest BCUT2D eigenvalue weighted by Gasteiger charge is 2.44. The number of hydrogen-bond acceptors (Lipinski definition) is 18. The third-order valence-electron chi connectivity index (χ3n) is 15.6. The molecule has 20 nitrogen and oxygen atoms in total. The van der Waals surface area contributed by atoms with Gasteiger partial charge >= 0.3 is 0 Å². The Morgan fingerprint density at radius 2 is 1.67 bits per heavy atom. The Hall–Kier alpha value is -6.13. The summed E-state index contributed by atoms with van der Waals surface area (Å²) < 4.78 is 26.2. The SMILES string of the molecule is CCc1cc(Nc2ncc(Br)c(Nc3ccc4nccnc4c3P(C)(C)=O)n2)c(OC)cc1N1CCC(N2CCN(CCOCCC(=O)NC(C(=O)N3C[C@H](O)C[C@H]3C(=O)NCc3ccc(-c4scnc4C)cc3)C(C)(C)C)CC2)CC1. The van der Waals surface area contributed by atoms with Crippen LogP contribution in [0.2, 0.25) is 0 Å². The van der Waals surface area contributed by atoms with E-state index in [9.17, 15) is 24.1 Å². The van der Waals surface area contributed by atoms with Crippen LogP contribution in [0.15, 0.2) is 77.1 Å². The van der Waals surface area contributed by atoms with E-state index in [1.165, 1.54) is 10.5 Å². The number of methoxy groups -OCH3 is 1. The van der Waals surface area contributed by atoms with Gasteiger partial charge in [-0.1, -0.05) is 52.0 Å². The number of aryl methyl sites for hydroxylation is 2. The summed E-state index contributed by atoms with van der Waals surface area (Å²) in [6.45, 7) is 20.7. The highest BCUT2D eigenvalue weighted by atomic mass is 79.9. The summed E-state index contributed by atoms with van der Waals surface area (Å²) in [7, 11) is -1.12. The summed E-state index contributed by atoms with van der Waals surface area (Å²) in [4.78, 5) is 73.7. The van der Waals surface area contributed by atoms with E-state index < -0.39 is 36.7 Å². The first-order chi connectivity index (χ1) is 39.3. The van der Waals surface area contributed by atoms with Crippen molar-refractivity contribution in [3.8, 4) is 16.2 Å². The number of nitrogens with zero attached hydrogens (tertiary/aromatic N) is 9. The van der Waals surface area contributed by atoms with E-state index in [0.717, 1.165) is 98.1 Å². The number of fused-ring (bicyclic) bond motifs is 1. The molecular formula is C59H77BrN13O7PS. The van der Waals surface area contributed by atoms with Crippen LogP contribution in [0, 0.1) is 12.3 Å². The number of ether oxygens (including phenoxy) is 2. The van der Waals surface area contributed by atoms with Crippen LogP contribution in [0.3, 0.4) is 0 Å². The Labute approximate surface area is 493 Å². The van der Waals surface area contributed by atoms with E-state index >= 15 is 0 Å². The molecule has 0 radical (unpaired) electrons. The fourth-order valence-corrected chi connectivity index (χ4v) is 13.7. The average molecular weight is 1220 g/mol. The fourth-order valence-electron chi connectivity index (χ4n) is 11.2. The second-order valence-corrected chi connectivity index (χ2v) is 27.7. The number of likely N-dealkylation sites (tertiary alicyclic amines) is 1. The minimum absolute atomic E-state index is 0.00988. The van der Waals surface area contributed by atoms with Crippen LogP contribution in [-0.2, 0) is 36.7 Å². The number of nitrogens with one attached hydrogen (secondary N) is 4. The number of rotatable bonds is 21. The molecule has 1 unspecified atom stereocenters. The Morgan fingerprint density at radius 3 is 2.35 bits per heavy atom. The van der Waals surface area contributed by atoms with Crippen LogP contribution in [0.4, 0.5) is 28.8 Å². The number of aromatic nitrogens is 5. The standard InChI is InChI=1S/C59H77BrN13O7PS/c1-9-39-30-46(67-58-64-34-43(60)55(69-58)66-45-15-14-44-51(62-20-19-61-44)52(45)81(7,8)78)49(79-6)32-47(39)72-21-16-41(17-22-72)71-25-23-70(24-26-71)27-29-80-28-18-50(75)68-54(59(3,4)5)57(77)73-35-42(74)31-48(73)56(76)63-33-38-10-12-40(13-11-38)53-37(2)65-36-82-53/h10-15,19-20,30,32,34,36,41-42,48,54,74H,9,16-18,21-29,31,33,35H2,1-8H3,(H,63,76)(H,68,75)(H2,64,66,67,69)/t42-,48+,54?/m1/s1. The van der Waals surface area contributed by atoms with Crippen LogP contribution in [0.5, 0.6) is 5.75 Å². The third-order valence-corrected chi connectivity index (χ3v) is 18.7. The number of piperidine rings is 1. The first-order valence-corrected chi connectivity index (χ1v) is 32.5. The van der Waals surface area contributed by atoms with Crippen molar-refractivity contribution in [2.24, 2.45) is 5.41 Å². The van der Waals surface area contributed by atoms with Gasteiger partial charge in [0.1, 0.15) is 36.3 Å². The number of carbonyl (C=O) groups is 3. The molecule has 3 saturated heterocycles. The summed E-state index contributed by atoms with van der Waals surface area (Å²) in [6.07, 6.45) is 7.19. The van der Waals surface area contributed by atoms with Crippen LogP contribution >= 0.6 is 34.4 Å². The van der Waals surface area contributed by atoms with Crippen molar-refractivity contribution < 1.29 is 33.5 Å². The molecule has 5 N–H and O–H groups in total. The molecule has 3 aromatic heterocycles. The molecule has 0 aliphatic carbocycles. The van der Waals surface area contributed by atoms with E-state index in [-0.39, 0.29) is 44.4 Å². The lowest BCUT2D eigenvalue weighted by Gasteiger charge is -2.43. The smallest absolute Gasteiger partial charge is 0.246 e. The van der Waals surface area contributed by atoms with E-state index in [1.807, 2.05) is 69.6 Å². The summed E-state index contributed by atoms with van der Waals surface area (Å²) in [5.74, 6) is 0.496. The second kappa shape index (κ2) is 26.6. The summed E-state index contributed by atoms with van der Waals surface area (Å²) in [5, 5.41) is 24.0. The number of piperazine rings is 1. The van der Waals surface area contributed by atoms with Gasteiger partial charge in [-0.25, -0.2) is 9.97 Å². The van der Waals surface area contributed by atoms with Crippen molar-refractivity contribution in [3.63, 3.8) is 0 Å². The molecular weight excluding hydrogens is 1150 g/mol. The molecule has 3 aromatic carbocycles. The lowest BCUT2D eigenvalue weighted by molar-refractivity contribution is -0.144. The number of amides is 3. The van der Waals surface area contributed by atoms with Crippen molar-refractivity contribution >= 4 is 97.3 Å².